The average molecular weight is 234 g/mol. The van der Waals surface area contributed by atoms with Gasteiger partial charge < -0.3 is 10.3 Å². The summed E-state index contributed by atoms with van der Waals surface area (Å²) in [7, 11) is 1.83. The van der Waals surface area contributed by atoms with E-state index in [9.17, 15) is 4.79 Å². The molecular weight excluding hydrogens is 216 g/mol. The van der Waals surface area contributed by atoms with Crippen molar-refractivity contribution in [2.24, 2.45) is 11.8 Å². The molecule has 1 aliphatic rings. The fraction of sp³-hybridized carbons (Fsp3) is 0.500. The van der Waals surface area contributed by atoms with Gasteiger partial charge in [-0.2, -0.15) is 0 Å². The topological polar surface area (TPSA) is 71.2 Å². The van der Waals surface area contributed by atoms with E-state index in [4.69, 9.17) is 5.84 Å². The minimum absolute atomic E-state index is 0.0542. The molecule has 17 heavy (non-hydrogen) atoms. The number of carbonyl (C=O) groups excluding carboxylic acids is 1. The Hall–Kier alpha value is -1.62. The van der Waals surface area contributed by atoms with Crippen molar-refractivity contribution in [2.75, 3.05) is 12.5 Å². The number of nitrogens with zero attached hydrogens (tertiary/aromatic N) is 2. The normalized spacial score (nSPS) is 16.4. The zero-order valence-electron chi connectivity index (χ0n) is 10.2. The Morgan fingerprint density at radius 2 is 2.29 bits per heavy atom. The fourth-order valence-corrected chi connectivity index (χ4v) is 1.89. The van der Waals surface area contributed by atoms with Gasteiger partial charge in [0.25, 0.3) is 5.91 Å². The number of aromatic nitrogens is 1. The largest absolute Gasteiger partial charge is 0.337 e. The highest BCUT2D eigenvalue weighted by Gasteiger charge is 2.33. The molecule has 0 aliphatic heterocycles. The molecule has 0 aromatic carbocycles. The van der Waals surface area contributed by atoms with Gasteiger partial charge in [-0.3, -0.25) is 4.79 Å². The molecule has 0 radical (unpaired) electrons. The molecule has 1 fully saturated rings. The van der Waals surface area contributed by atoms with Gasteiger partial charge >= 0.3 is 0 Å². The summed E-state index contributed by atoms with van der Waals surface area (Å²) in [4.78, 5) is 18.1. The Bertz CT molecular complexity index is 417. The molecule has 1 saturated carbocycles. The summed E-state index contributed by atoms with van der Waals surface area (Å²) in [6.45, 7) is 2.08. The van der Waals surface area contributed by atoms with E-state index in [1.54, 1.807) is 23.1 Å². The summed E-state index contributed by atoms with van der Waals surface area (Å²) in [5.41, 5.74) is 2.87. The molecule has 1 atom stereocenters. The Kier molecular flexibility index (Phi) is 3.28. The summed E-state index contributed by atoms with van der Waals surface area (Å²) in [5.74, 6) is 6.38. The van der Waals surface area contributed by atoms with E-state index in [-0.39, 0.29) is 11.9 Å². The van der Waals surface area contributed by atoms with Gasteiger partial charge in [0.2, 0.25) is 0 Å². The minimum Gasteiger partial charge on any atom is -0.337 e. The van der Waals surface area contributed by atoms with Gasteiger partial charge in [-0.05, 0) is 37.8 Å². The number of nitrogens with two attached hydrogens (primary N) is 1. The Balaban J connectivity index is 2.11. The van der Waals surface area contributed by atoms with E-state index in [0.29, 0.717) is 17.4 Å². The number of carbonyl (C=O) groups is 1. The van der Waals surface area contributed by atoms with Crippen molar-refractivity contribution < 1.29 is 4.79 Å². The van der Waals surface area contributed by atoms with E-state index < -0.39 is 0 Å². The lowest BCUT2D eigenvalue weighted by atomic mass is 10.2. The first kappa shape index (κ1) is 11.9. The lowest BCUT2D eigenvalue weighted by Crippen LogP contribution is -2.36. The maximum atomic E-state index is 12.2. The second-order valence-corrected chi connectivity index (χ2v) is 4.55. The number of hydrazine groups is 1. The van der Waals surface area contributed by atoms with Crippen LogP contribution >= 0.6 is 0 Å². The quantitative estimate of drug-likeness (QED) is 0.607. The molecule has 1 aromatic rings. The Morgan fingerprint density at radius 3 is 2.88 bits per heavy atom. The van der Waals surface area contributed by atoms with Crippen molar-refractivity contribution >= 4 is 11.7 Å². The average Bonchev–Trinajstić information content (AvgIpc) is 3.20. The zero-order valence-corrected chi connectivity index (χ0v) is 10.2. The molecular formula is C12H18N4O. The molecule has 0 bridgehead atoms. The van der Waals surface area contributed by atoms with Crippen molar-refractivity contribution in [1.29, 1.82) is 0 Å². The lowest BCUT2D eigenvalue weighted by Gasteiger charge is -2.24. The first-order valence-corrected chi connectivity index (χ1v) is 5.84. The molecule has 3 N–H and O–H groups in total. The number of nitrogens with one attached hydrogen (secondary N) is 1. The van der Waals surface area contributed by atoms with Gasteiger partial charge in [0.15, 0.2) is 0 Å². The van der Waals surface area contributed by atoms with Crippen LogP contribution in [0, 0.1) is 5.92 Å². The second kappa shape index (κ2) is 4.71. The third-order valence-corrected chi connectivity index (χ3v) is 3.35. The number of rotatable bonds is 4. The number of pyridine rings is 1. The molecule has 5 heteroatoms. The summed E-state index contributed by atoms with van der Waals surface area (Å²) >= 11 is 0. The van der Waals surface area contributed by atoms with Gasteiger partial charge in [0.1, 0.15) is 11.5 Å². The first-order chi connectivity index (χ1) is 8.13. The van der Waals surface area contributed by atoms with Crippen LogP contribution in [0.15, 0.2) is 18.2 Å². The third kappa shape index (κ3) is 2.55. The van der Waals surface area contributed by atoms with Crippen molar-refractivity contribution in [1.82, 2.24) is 9.88 Å². The third-order valence-electron chi connectivity index (χ3n) is 3.35. The van der Waals surface area contributed by atoms with E-state index in [0.717, 1.165) is 0 Å². The highest BCUT2D eigenvalue weighted by atomic mass is 16.2. The Labute approximate surface area is 101 Å². The SMILES string of the molecule is CC(C1CC1)N(C)C(=O)c1cccc(NN)n1. The van der Waals surface area contributed by atoms with Crippen LogP contribution in [-0.4, -0.2) is 28.9 Å². The molecule has 1 aliphatic carbocycles. The summed E-state index contributed by atoms with van der Waals surface area (Å²) < 4.78 is 0. The fourth-order valence-electron chi connectivity index (χ4n) is 1.89. The monoisotopic (exact) mass is 234 g/mol. The van der Waals surface area contributed by atoms with Crippen LogP contribution in [0.1, 0.15) is 30.3 Å². The van der Waals surface area contributed by atoms with Crippen molar-refractivity contribution in [2.45, 2.75) is 25.8 Å². The summed E-state index contributed by atoms with van der Waals surface area (Å²) in [6, 6.07) is 5.48. The van der Waals surface area contributed by atoms with Gasteiger partial charge in [0.05, 0.1) is 0 Å². The smallest absolute Gasteiger partial charge is 0.272 e. The van der Waals surface area contributed by atoms with Gasteiger partial charge in [-0.1, -0.05) is 6.07 Å². The predicted octanol–water partition coefficient (Wildman–Crippen LogP) is 1.24. The van der Waals surface area contributed by atoms with E-state index >= 15 is 0 Å². The van der Waals surface area contributed by atoms with Crippen LogP contribution in [0.25, 0.3) is 0 Å². The highest BCUT2D eigenvalue weighted by molar-refractivity contribution is 5.92. The molecule has 2 rings (SSSR count). The molecule has 92 valence electrons. The number of hydrogen-bond donors (Lipinski definition) is 2. The molecule has 1 unspecified atom stereocenters. The number of anilines is 1. The number of amides is 1. The molecule has 0 spiro atoms. The molecule has 0 saturated heterocycles. The number of hydrogen-bond acceptors (Lipinski definition) is 4. The maximum absolute atomic E-state index is 12.2. The van der Waals surface area contributed by atoms with Gasteiger partial charge in [-0.15, -0.1) is 0 Å². The van der Waals surface area contributed by atoms with Gasteiger partial charge in [0, 0.05) is 13.1 Å². The minimum atomic E-state index is -0.0542. The lowest BCUT2D eigenvalue weighted by molar-refractivity contribution is 0.0721. The highest BCUT2D eigenvalue weighted by Crippen LogP contribution is 2.34. The zero-order chi connectivity index (χ0) is 12.4. The maximum Gasteiger partial charge on any atom is 0.272 e. The summed E-state index contributed by atoms with van der Waals surface area (Å²) in [5, 5.41) is 0. The van der Waals surface area contributed by atoms with Crippen LogP contribution in [0.2, 0.25) is 0 Å². The van der Waals surface area contributed by atoms with Crippen LogP contribution < -0.4 is 11.3 Å². The molecule has 5 nitrogen and oxygen atoms in total. The van der Waals surface area contributed by atoms with Crippen molar-refractivity contribution in [3.05, 3.63) is 23.9 Å². The van der Waals surface area contributed by atoms with Crippen LogP contribution in [0.3, 0.4) is 0 Å². The molecule has 1 heterocycles. The van der Waals surface area contributed by atoms with E-state index in [1.807, 2.05) is 7.05 Å². The Morgan fingerprint density at radius 1 is 1.59 bits per heavy atom. The van der Waals surface area contributed by atoms with E-state index in [2.05, 4.69) is 17.3 Å². The van der Waals surface area contributed by atoms with Crippen LogP contribution in [0.4, 0.5) is 5.82 Å². The van der Waals surface area contributed by atoms with Crippen LogP contribution in [-0.2, 0) is 0 Å². The first-order valence-electron chi connectivity index (χ1n) is 5.84. The van der Waals surface area contributed by atoms with Gasteiger partial charge in [-0.25, -0.2) is 10.8 Å². The molecule has 1 amide bonds. The van der Waals surface area contributed by atoms with E-state index in [1.165, 1.54) is 12.8 Å². The van der Waals surface area contributed by atoms with Crippen LogP contribution in [0.5, 0.6) is 0 Å². The molecule has 1 aromatic heterocycles. The number of nitrogen functional groups attached to an aromatic ring is 1. The predicted molar refractivity (Wildman–Crippen MR) is 66.3 cm³/mol. The standard InChI is InChI=1S/C12H18N4O/c1-8(9-6-7-9)16(2)12(17)10-4-3-5-11(14-10)15-13/h3-5,8-9H,6-7,13H2,1-2H3,(H,14,15). The summed E-state index contributed by atoms with van der Waals surface area (Å²) in [6.07, 6.45) is 2.44. The second-order valence-electron chi connectivity index (χ2n) is 4.55. The van der Waals surface area contributed by atoms with Crippen molar-refractivity contribution in [3.63, 3.8) is 0 Å². The van der Waals surface area contributed by atoms with Crippen molar-refractivity contribution in [3.8, 4) is 0 Å².